The highest BCUT2D eigenvalue weighted by Crippen LogP contribution is 2.68. The summed E-state index contributed by atoms with van der Waals surface area (Å²) < 4.78 is 6.08. The molecule has 3 rings (SSSR count). The van der Waals surface area contributed by atoms with Gasteiger partial charge in [-0.3, -0.25) is 14.4 Å². The van der Waals surface area contributed by atoms with Gasteiger partial charge in [0.1, 0.15) is 11.3 Å². The van der Waals surface area contributed by atoms with Crippen LogP contribution in [0.3, 0.4) is 0 Å². The van der Waals surface area contributed by atoms with Crippen LogP contribution in [0.25, 0.3) is 0 Å². The SMILES string of the molecule is C=C(C)[C@H](CC=C(C)C)C[C@@]12C[C@@H](CC=C(C)C)C(C)(C)[C@@](CC=C(C)C)(C1=O)C(OC)=C(C(=O)c1ccc(O)c(O)c1)C2=O. The number of hydrogen-bond donors (Lipinski definition) is 2. The molecule has 0 spiro atoms. The molecule has 2 aliphatic carbocycles. The molecule has 1 aromatic rings. The monoisotopic (exact) mass is 616 g/mol. The van der Waals surface area contributed by atoms with E-state index in [9.17, 15) is 15.0 Å². The van der Waals surface area contributed by atoms with Crippen LogP contribution >= 0.6 is 0 Å². The summed E-state index contributed by atoms with van der Waals surface area (Å²) in [5.41, 5.74) is 0.538. The maximum absolute atomic E-state index is 15.4. The Morgan fingerprint density at radius 1 is 0.978 bits per heavy atom. The van der Waals surface area contributed by atoms with Gasteiger partial charge in [-0.1, -0.05) is 60.9 Å². The van der Waals surface area contributed by atoms with Crippen molar-refractivity contribution in [3.05, 3.63) is 82.2 Å². The van der Waals surface area contributed by atoms with Crippen LogP contribution in [0.2, 0.25) is 0 Å². The number of carbonyl (C=O) groups excluding carboxylic acids is 3. The number of benzene rings is 1. The largest absolute Gasteiger partial charge is 0.504 e. The van der Waals surface area contributed by atoms with Gasteiger partial charge >= 0.3 is 0 Å². The highest BCUT2D eigenvalue weighted by Gasteiger charge is 2.72. The van der Waals surface area contributed by atoms with E-state index in [4.69, 9.17) is 4.74 Å². The minimum absolute atomic E-state index is 0.0306. The minimum atomic E-state index is -1.49. The average Bonchev–Trinajstić information content (AvgIpc) is 2.94. The van der Waals surface area contributed by atoms with E-state index in [0.717, 1.165) is 28.4 Å². The Morgan fingerprint density at radius 3 is 2.09 bits per heavy atom. The number of ether oxygens (including phenoxy) is 1. The standard InChI is InChI=1S/C39H52O6/c1-23(2)12-14-28(26(7)8)21-38-22-29(16-13-24(3)4)37(9,10)39(36(38)44,19-18-25(5)6)35(45-11)32(34(38)43)33(42)27-15-17-30(40)31(41)20-27/h12-13,15,17-18,20,28-29,40-41H,7,14,16,19,21-22H2,1-6,8-11H3/t28-,29-,38+,39-/m1/s1. The molecule has 1 aromatic carbocycles. The minimum Gasteiger partial charge on any atom is -0.504 e. The lowest BCUT2D eigenvalue weighted by atomic mass is 9.39. The van der Waals surface area contributed by atoms with Crippen molar-refractivity contribution in [3.8, 4) is 11.5 Å². The predicted molar refractivity (Wildman–Crippen MR) is 180 cm³/mol. The van der Waals surface area contributed by atoms with Crippen LogP contribution in [0.4, 0.5) is 0 Å². The average molecular weight is 617 g/mol. The lowest BCUT2D eigenvalue weighted by molar-refractivity contribution is -0.171. The fourth-order valence-electron chi connectivity index (χ4n) is 7.34. The normalized spacial score (nSPS) is 24.4. The smallest absolute Gasteiger partial charge is 0.200 e. The third kappa shape index (κ3) is 6.39. The number of hydrogen-bond acceptors (Lipinski definition) is 6. The summed E-state index contributed by atoms with van der Waals surface area (Å²) in [4.78, 5) is 45.0. The van der Waals surface area contributed by atoms with E-state index in [-0.39, 0.29) is 53.1 Å². The van der Waals surface area contributed by atoms with E-state index in [0.29, 0.717) is 19.3 Å². The summed E-state index contributed by atoms with van der Waals surface area (Å²) >= 11 is 0. The van der Waals surface area contributed by atoms with Gasteiger partial charge in [-0.2, -0.15) is 0 Å². The molecule has 0 heterocycles. The summed E-state index contributed by atoms with van der Waals surface area (Å²) in [5.74, 6) is -2.37. The van der Waals surface area contributed by atoms with Crippen molar-refractivity contribution in [1.29, 1.82) is 0 Å². The Balaban J connectivity index is 2.50. The first-order chi connectivity index (χ1) is 20.9. The molecule has 244 valence electrons. The van der Waals surface area contributed by atoms with Gasteiger partial charge in [0.05, 0.1) is 17.9 Å². The van der Waals surface area contributed by atoms with E-state index in [2.05, 4.69) is 32.6 Å². The fraction of sp³-hybridized carbons (Fsp3) is 0.513. The molecule has 2 aliphatic rings. The van der Waals surface area contributed by atoms with Crippen LogP contribution in [-0.4, -0.2) is 34.7 Å². The van der Waals surface area contributed by atoms with Crippen LogP contribution in [-0.2, 0) is 14.3 Å². The number of ketones is 3. The van der Waals surface area contributed by atoms with Gasteiger partial charge in [0.2, 0.25) is 0 Å². The van der Waals surface area contributed by atoms with Crippen LogP contribution in [0, 0.1) is 28.1 Å². The van der Waals surface area contributed by atoms with E-state index in [1.807, 2.05) is 54.5 Å². The number of aromatic hydroxyl groups is 2. The summed E-state index contributed by atoms with van der Waals surface area (Å²) in [6.07, 6.45) is 8.39. The van der Waals surface area contributed by atoms with Crippen molar-refractivity contribution >= 4 is 17.3 Å². The van der Waals surface area contributed by atoms with Gasteiger partial charge in [-0.15, -0.1) is 0 Å². The van der Waals surface area contributed by atoms with E-state index < -0.39 is 33.6 Å². The van der Waals surface area contributed by atoms with Crippen molar-refractivity contribution < 1.29 is 29.3 Å². The molecule has 0 aliphatic heterocycles. The lowest BCUT2D eigenvalue weighted by Gasteiger charge is -2.61. The molecule has 0 unspecified atom stereocenters. The van der Waals surface area contributed by atoms with E-state index in [1.165, 1.54) is 19.2 Å². The number of phenolic OH excluding ortho intramolecular Hbond substituents is 2. The molecule has 1 saturated carbocycles. The fourth-order valence-corrected chi connectivity index (χ4v) is 7.34. The number of Topliss-reactive ketones (excluding diaryl/α,β-unsaturated/α-hetero) is 3. The van der Waals surface area contributed by atoms with E-state index in [1.54, 1.807) is 0 Å². The molecule has 6 nitrogen and oxygen atoms in total. The van der Waals surface area contributed by atoms with Crippen molar-refractivity contribution in [2.75, 3.05) is 7.11 Å². The first-order valence-electron chi connectivity index (χ1n) is 15.9. The molecule has 0 aromatic heterocycles. The number of allylic oxidation sites excluding steroid dienone is 9. The molecule has 1 fully saturated rings. The van der Waals surface area contributed by atoms with Gasteiger partial charge in [0, 0.05) is 5.56 Å². The Kier molecular flexibility index (Phi) is 10.6. The second-order valence-electron chi connectivity index (χ2n) is 14.5. The summed E-state index contributed by atoms with van der Waals surface area (Å²) in [6.45, 7) is 22.4. The van der Waals surface area contributed by atoms with Gasteiger partial charge in [0.25, 0.3) is 0 Å². The van der Waals surface area contributed by atoms with Crippen LogP contribution in [0.15, 0.2) is 76.6 Å². The van der Waals surface area contributed by atoms with Crippen molar-refractivity contribution in [2.24, 2.45) is 28.1 Å². The Hall–Kier alpha value is -3.67. The molecule has 2 N–H and O–H groups in total. The topological polar surface area (TPSA) is 101 Å². The first-order valence-corrected chi connectivity index (χ1v) is 15.9. The summed E-state index contributed by atoms with van der Waals surface area (Å²) in [7, 11) is 1.43. The molecule has 4 atom stereocenters. The molecular weight excluding hydrogens is 564 g/mol. The maximum Gasteiger partial charge on any atom is 0.200 e. The number of phenols is 2. The third-order valence-electron chi connectivity index (χ3n) is 10.2. The quantitative estimate of drug-likeness (QED) is 0.0799. The summed E-state index contributed by atoms with van der Waals surface area (Å²) in [6, 6.07) is 3.75. The molecule has 6 heteroatoms. The number of rotatable bonds is 12. The molecule has 0 amide bonds. The molecule has 2 bridgehead atoms. The molecule has 45 heavy (non-hydrogen) atoms. The van der Waals surface area contributed by atoms with Crippen molar-refractivity contribution in [3.63, 3.8) is 0 Å². The summed E-state index contributed by atoms with van der Waals surface area (Å²) in [5, 5.41) is 20.2. The van der Waals surface area contributed by atoms with E-state index >= 15 is 9.59 Å². The van der Waals surface area contributed by atoms with Gasteiger partial charge in [-0.25, -0.2) is 0 Å². The van der Waals surface area contributed by atoms with Crippen LogP contribution in [0.5, 0.6) is 11.5 Å². The molecular formula is C39H52O6. The lowest BCUT2D eigenvalue weighted by Crippen LogP contribution is -2.67. The number of methoxy groups -OCH3 is 1. The van der Waals surface area contributed by atoms with Gasteiger partial charge < -0.3 is 14.9 Å². The van der Waals surface area contributed by atoms with Crippen molar-refractivity contribution in [2.45, 2.75) is 94.4 Å². The van der Waals surface area contributed by atoms with Crippen LogP contribution in [0.1, 0.15) is 105 Å². The maximum atomic E-state index is 15.4. The van der Waals surface area contributed by atoms with Crippen molar-refractivity contribution in [1.82, 2.24) is 0 Å². The number of fused-ring (bicyclic) bond motifs is 2. The first kappa shape index (κ1) is 35.8. The highest BCUT2D eigenvalue weighted by molar-refractivity contribution is 6.35. The Labute approximate surface area is 269 Å². The zero-order chi connectivity index (χ0) is 34.1. The zero-order valence-electron chi connectivity index (χ0n) is 28.9. The highest BCUT2D eigenvalue weighted by atomic mass is 16.5. The van der Waals surface area contributed by atoms with Crippen LogP contribution < -0.4 is 0 Å². The Morgan fingerprint density at radius 2 is 1.58 bits per heavy atom. The third-order valence-corrected chi connectivity index (χ3v) is 10.2. The van der Waals surface area contributed by atoms with Gasteiger partial charge in [-0.05, 0) is 116 Å². The zero-order valence-corrected chi connectivity index (χ0v) is 28.9. The predicted octanol–water partition coefficient (Wildman–Crippen LogP) is 9.00. The molecule has 0 radical (unpaired) electrons. The molecule has 0 saturated heterocycles. The second-order valence-corrected chi connectivity index (χ2v) is 14.5. The number of carbonyl (C=O) groups is 3. The van der Waals surface area contributed by atoms with Gasteiger partial charge in [0.15, 0.2) is 28.8 Å². The Bertz CT molecular complexity index is 1500. The second kappa shape index (κ2) is 13.4.